The molecule has 0 bridgehead atoms. The second-order valence-corrected chi connectivity index (χ2v) is 9.48. The van der Waals surface area contributed by atoms with Gasteiger partial charge in [-0.3, -0.25) is 9.59 Å². The van der Waals surface area contributed by atoms with Crippen molar-refractivity contribution < 1.29 is 14.0 Å². The van der Waals surface area contributed by atoms with Crippen molar-refractivity contribution in [1.82, 2.24) is 10.6 Å². The molecule has 0 spiro atoms. The van der Waals surface area contributed by atoms with E-state index in [-0.39, 0.29) is 29.1 Å². The van der Waals surface area contributed by atoms with Crippen molar-refractivity contribution in [1.29, 1.82) is 0 Å². The summed E-state index contributed by atoms with van der Waals surface area (Å²) in [7, 11) is 0. The Morgan fingerprint density at radius 1 is 1.14 bits per heavy atom. The molecule has 0 saturated heterocycles. The maximum Gasteiger partial charge on any atom is 0.251 e. The smallest absolute Gasteiger partial charge is 0.251 e. The first-order valence-corrected chi connectivity index (χ1v) is 10.8. The van der Waals surface area contributed by atoms with E-state index in [1.165, 1.54) is 17.8 Å². The molecule has 2 atom stereocenters. The molecule has 2 unspecified atom stereocenters. The molecule has 0 fully saturated rings. The van der Waals surface area contributed by atoms with E-state index >= 15 is 0 Å². The third-order valence-corrected chi connectivity index (χ3v) is 6.26. The van der Waals surface area contributed by atoms with Crippen molar-refractivity contribution in [3.05, 3.63) is 65.0 Å². The molecular weight excluding hydrogens is 387 g/mol. The minimum absolute atomic E-state index is 0.0102. The van der Waals surface area contributed by atoms with Crippen LogP contribution in [0.5, 0.6) is 0 Å². The molecule has 154 valence electrons. The first-order chi connectivity index (χ1) is 13.7. The fourth-order valence-electron chi connectivity index (χ4n) is 3.30. The Bertz CT molecular complexity index is 906. The van der Waals surface area contributed by atoms with Gasteiger partial charge in [-0.2, -0.15) is 0 Å². The van der Waals surface area contributed by atoms with Crippen LogP contribution in [0.1, 0.15) is 61.6 Å². The number of rotatable bonds is 4. The van der Waals surface area contributed by atoms with Crippen LogP contribution in [0.3, 0.4) is 0 Å². The van der Waals surface area contributed by atoms with Crippen LogP contribution < -0.4 is 10.6 Å². The molecule has 1 aliphatic heterocycles. The lowest BCUT2D eigenvalue weighted by molar-refractivity contribution is -0.123. The van der Waals surface area contributed by atoms with Crippen molar-refractivity contribution in [3.63, 3.8) is 0 Å². The molecule has 1 aliphatic rings. The maximum atomic E-state index is 14.0. The van der Waals surface area contributed by atoms with Gasteiger partial charge in [0.2, 0.25) is 5.91 Å². The van der Waals surface area contributed by atoms with Gasteiger partial charge in [-0.25, -0.2) is 4.39 Å². The topological polar surface area (TPSA) is 58.2 Å². The quantitative estimate of drug-likeness (QED) is 0.769. The summed E-state index contributed by atoms with van der Waals surface area (Å²) in [6, 6.07) is 11.4. The number of halogens is 1. The fourth-order valence-corrected chi connectivity index (χ4v) is 4.44. The standard InChI is InChI=1S/C23H27FN2O2S/c1-14(25-22(28)15-8-10-16(11-9-15)23(2,3)4)21(27)26-19-12-13-29-20-17(19)6-5-7-18(20)24/h5-11,14,19H,12-13H2,1-4H3,(H,25,28)(H,26,27). The average molecular weight is 415 g/mol. The summed E-state index contributed by atoms with van der Waals surface area (Å²) in [6.07, 6.45) is 0.724. The molecule has 29 heavy (non-hydrogen) atoms. The zero-order chi connectivity index (χ0) is 21.2. The van der Waals surface area contributed by atoms with Gasteiger partial charge in [0.25, 0.3) is 5.91 Å². The van der Waals surface area contributed by atoms with Crippen LogP contribution in [0.15, 0.2) is 47.4 Å². The van der Waals surface area contributed by atoms with E-state index in [0.29, 0.717) is 10.5 Å². The minimum Gasteiger partial charge on any atom is -0.347 e. The van der Waals surface area contributed by atoms with E-state index < -0.39 is 6.04 Å². The number of benzene rings is 2. The monoisotopic (exact) mass is 414 g/mol. The summed E-state index contributed by atoms with van der Waals surface area (Å²) < 4.78 is 14.0. The van der Waals surface area contributed by atoms with Crippen LogP contribution in [-0.4, -0.2) is 23.6 Å². The number of hydrogen-bond acceptors (Lipinski definition) is 3. The number of hydrogen-bond donors (Lipinski definition) is 2. The molecule has 2 aromatic carbocycles. The van der Waals surface area contributed by atoms with Crippen molar-refractivity contribution in [2.75, 3.05) is 5.75 Å². The lowest BCUT2D eigenvalue weighted by Crippen LogP contribution is -2.46. The average Bonchev–Trinajstić information content (AvgIpc) is 2.68. The third kappa shape index (κ3) is 4.99. The molecule has 6 heteroatoms. The zero-order valence-corrected chi connectivity index (χ0v) is 18.0. The summed E-state index contributed by atoms with van der Waals surface area (Å²) in [5.41, 5.74) is 2.46. The third-order valence-electron chi connectivity index (χ3n) is 5.10. The molecule has 1 heterocycles. The van der Waals surface area contributed by atoms with Crippen LogP contribution in [-0.2, 0) is 10.2 Å². The molecule has 4 nitrogen and oxygen atoms in total. The molecule has 3 rings (SSSR count). The summed E-state index contributed by atoms with van der Waals surface area (Å²) in [6.45, 7) is 7.99. The highest BCUT2D eigenvalue weighted by atomic mass is 32.2. The van der Waals surface area contributed by atoms with Crippen molar-refractivity contribution in [2.24, 2.45) is 0 Å². The van der Waals surface area contributed by atoms with E-state index in [1.54, 1.807) is 25.1 Å². The molecule has 0 aromatic heterocycles. The van der Waals surface area contributed by atoms with Gasteiger partial charge in [0, 0.05) is 16.2 Å². The predicted molar refractivity (Wildman–Crippen MR) is 115 cm³/mol. The van der Waals surface area contributed by atoms with Crippen LogP contribution >= 0.6 is 11.8 Å². The van der Waals surface area contributed by atoms with Gasteiger partial charge < -0.3 is 10.6 Å². The predicted octanol–water partition coefficient (Wildman–Crippen LogP) is 4.59. The number of thioether (sulfide) groups is 1. The van der Waals surface area contributed by atoms with Crippen LogP contribution in [0.25, 0.3) is 0 Å². The van der Waals surface area contributed by atoms with Gasteiger partial charge in [0.05, 0.1) is 6.04 Å². The van der Waals surface area contributed by atoms with E-state index in [1.807, 2.05) is 18.2 Å². The number of nitrogens with one attached hydrogen (secondary N) is 2. The van der Waals surface area contributed by atoms with E-state index in [4.69, 9.17) is 0 Å². The fraction of sp³-hybridized carbons (Fsp3) is 0.391. The van der Waals surface area contributed by atoms with Crippen LogP contribution in [0.4, 0.5) is 4.39 Å². The van der Waals surface area contributed by atoms with Gasteiger partial charge in [-0.05, 0) is 48.1 Å². The summed E-state index contributed by atoms with van der Waals surface area (Å²) >= 11 is 1.47. The van der Waals surface area contributed by atoms with Crippen LogP contribution in [0.2, 0.25) is 0 Å². The Labute approximate surface area is 175 Å². The van der Waals surface area contributed by atoms with Gasteiger partial charge in [0.1, 0.15) is 11.9 Å². The summed E-state index contributed by atoms with van der Waals surface area (Å²) in [4.78, 5) is 25.7. The van der Waals surface area contributed by atoms with E-state index in [2.05, 4.69) is 31.4 Å². The maximum absolute atomic E-state index is 14.0. The SMILES string of the molecule is CC(NC(=O)c1ccc(C(C)(C)C)cc1)C(=O)NC1CCSc2c(F)cccc21. The lowest BCUT2D eigenvalue weighted by Gasteiger charge is -2.27. The second kappa shape index (κ2) is 8.57. The summed E-state index contributed by atoms with van der Waals surface area (Å²) in [5.74, 6) is -0.0956. The van der Waals surface area contributed by atoms with Crippen molar-refractivity contribution >= 4 is 23.6 Å². The molecule has 0 saturated carbocycles. The Kier molecular flexibility index (Phi) is 6.32. The molecule has 0 aliphatic carbocycles. The zero-order valence-electron chi connectivity index (χ0n) is 17.2. The lowest BCUT2D eigenvalue weighted by atomic mass is 9.86. The molecular formula is C23H27FN2O2S. The Morgan fingerprint density at radius 2 is 1.83 bits per heavy atom. The normalized spacial score (nSPS) is 17.2. The minimum atomic E-state index is -0.698. The summed E-state index contributed by atoms with van der Waals surface area (Å²) in [5, 5.41) is 5.70. The Hall–Kier alpha value is -2.34. The van der Waals surface area contributed by atoms with Crippen molar-refractivity contribution in [3.8, 4) is 0 Å². The van der Waals surface area contributed by atoms with Gasteiger partial charge in [-0.1, -0.05) is 45.0 Å². The number of amides is 2. The Morgan fingerprint density at radius 3 is 2.48 bits per heavy atom. The molecule has 2 N–H and O–H groups in total. The molecule has 2 amide bonds. The van der Waals surface area contributed by atoms with E-state index in [9.17, 15) is 14.0 Å². The molecule has 0 radical (unpaired) electrons. The Balaban J connectivity index is 1.63. The van der Waals surface area contributed by atoms with Crippen LogP contribution in [0, 0.1) is 5.82 Å². The first-order valence-electron chi connectivity index (χ1n) is 9.80. The van der Waals surface area contributed by atoms with E-state index in [0.717, 1.165) is 23.3 Å². The highest BCUT2D eigenvalue weighted by molar-refractivity contribution is 7.99. The highest BCUT2D eigenvalue weighted by Crippen LogP contribution is 2.37. The molecule has 2 aromatic rings. The van der Waals surface area contributed by atoms with Gasteiger partial charge in [-0.15, -0.1) is 11.8 Å². The number of carbonyl (C=O) groups excluding carboxylic acids is 2. The number of carbonyl (C=O) groups is 2. The van der Waals surface area contributed by atoms with Crippen molar-refractivity contribution in [2.45, 2.75) is 56.5 Å². The largest absolute Gasteiger partial charge is 0.347 e. The highest BCUT2D eigenvalue weighted by Gasteiger charge is 2.26. The number of fused-ring (bicyclic) bond motifs is 1. The first kappa shape index (κ1) is 21.4. The van der Waals surface area contributed by atoms with Gasteiger partial charge in [0.15, 0.2) is 0 Å². The second-order valence-electron chi connectivity index (χ2n) is 8.38. The van der Waals surface area contributed by atoms with Gasteiger partial charge >= 0.3 is 0 Å².